The van der Waals surface area contributed by atoms with Crippen molar-refractivity contribution in [1.82, 2.24) is 4.98 Å². The zero-order valence-corrected chi connectivity index (χ0v) is 7.81. The Morgan fingerprint density at radius 3 is 3.00 bits per heavy atom. The molecule has 1 aromatic rings. The summed E-state index contributed by atoms with van der Waals surface area (Å²) in [5.74, 6) is -0.469. The molecule has 0 N–H and O–H groups in total. The van der Waals surface area contributed by atoms with E-state index in [2.05, 4.69) is 4.98 Å². The number of rotatable bonds is 2. The zero-order valence-electron chi connectivity index (χ0n) is 6.99. The van der Waals surface area contributed by atoms with Gasteiger partial charge >= 0.3 is 0 Å². The standard InChI is InChI=1S/C8H10F2N2S/c9-7(10)6-1-3-12(5-6)8-11-2-4-13-8/h2,4,6-7H,1,3,5H2. The zero-order chi connectivity index (χ0) is 9.26. The summed E-state index contributed by atoms with van der Waals surface area (Å²) in [4.78, 5) is 6.02. The lowest BCUT2D eigenvalue weighted by molar-refractivity contribution is 0.0880. The molecule has 5 heteroatoms. The number of hydrogen-bond donors (Lipinski definition) is 0. The Balaban J connectivity index is 1.99. The molecule has 1 aromatic heterocycles. The molecule has 1 atom stereocenters. The number of alkyl halides is 2. The van der Waals surface area contributed by atoms with Crippen molar-refractivity contribution in [2.24, 2.45) is 5.92 Å². The van der Waals surface area contributed by atoms with Gasteiger partial charge in [0, 0.05) is 30.6 Å². The van der Waals surface area contributed by atoms with E-state index < -0.39 is 12.3 Å². The fourth-order valence-electron chi connectivity index (χ4n) is 1.54. The highest BCUT2D eigenvalue weighted by Crippen LogP contribution is 2.28. The van der Waals surface area contributed by atoms with Gasteiger partial charge in [0.15, 0.2) is 5.13 Å². The van der Waals surface area contributed by atoms with Crippen LogP contribution in [0.1, 0.15) is 6.42 Å². The van der Waals surface area contributed by atoms with Gasteiger partial charge in [0.25, 0.3) is 0 Å². The van der Waals surface area contributed by atoms with Crippen molar-refractivity contribution in [1.29, 1.82) is 0 Å². The molecule has 1 fully saturated rings. The van der Waals surface area contributed by atoms with Crippen molar-refractivity contribution < 1.29 is 8.78 Å². The van der Waals surface area contributed by atoms with Gasteiger partial charge in [-0.1, -0.05) is 0 Å². The van der Waals surface area contributed by atoms with E-state index in [1.54, 1.807) is 6.20 Å². The van der Waals surface area contributed by atoms with E-state index in [0.717, 1.165) is 5.13 Å². The Bertz CT molecular complexity index is 263. The smallest absolute Gasteiger partial charge is 0.243 e. The molecule has 72 valence electrons. The summed E-state index contributed by atoms with van der Waals surface area (Å²) >= 11 is 1.50. The van der Waals surface area contributed by atoms with E-state index in [4.69, 9.17) is 0 Å². The van der Waals surface area contributed by atoms with Crippen molar-refractivity contribution in [2.45, 2.75) is 12.8 Å². The molecule has 0 aromatic carbocycles. The highest BCUT2D eigenvalue weighted by molar-refractivity contribution is 7.13. The minimum absolute atomic E-state index is 0.450. The lowest BCUT2D eigenvalue weighted by Crippen LogP contribution is -2.21. The fourth-order valence-corrected chi connectivity index (χ4v) is 2.22. The van der Waals surface area contributed by atoms with Crippen LogP contribution in [0.4, 0.5) is 13.9 Å². The molecule has 0 radical (unpaired) electrons. The quantitative estimate of drug-likeness (QED) is 0.734. The molecule has 1 saturated heterocycles. The molecule has 2 rings (SSSR count). The van der Waals surface area contributed by atoms with Gasteiger partial charge in [0.2, 0.25) is 6.43 Å². The fraction of sp³-hybridized carbons (Fsp3) is 0.625. The number of thiazole rings is 1. The molecule has 13 heavy (non-hydrogen) atoms. The minimum Gasteiger partial charge on any atom is -0.348 e. The van der Waals surface area contributed by atoms with E-state index >= 15 is 0 Å². The van der Waals surface area contributed by atoms with Gasteiger partial charge in [-0.2, -0.15) is 0 Å². The summed E-state index contributed by atoms with van der Waals surface area (Å²) in [6.45, 7) is 1.16. The molecule has 1 unspecified atom stereocenters. The Labute approximate surface area is 79.2 Å². The Kier molecular flexibility index (Phi) is 2.44. The molecule has 0 amide bonds. The summed E-state index contributed by atoms with van der Waals surface area (Å²) < 4.78 is 24.6. The van der Waals surface area contributed by atoms with Crippen LogP contribution in [0.5, 0.6) is 0 Å². The molecule has 0 bridgehead atoms. The second-order valence-corrected chi connectivity index (χ2v) is 4.02. The second kappa shape index (κ2) is 3.57. The number of halogens is 2. The van der Waals surface area contributed by atoms with Crippen LogP contribution in [0.15, 0.2) is 11.6 Å². The molecule has 0 saturated carbocycles. The first kappa shape index (κ1) is 8.87. The van der Waals surface area contributed by atoms with E-state index in [-0.39, 0.29) is 0 Å². The minimum atomic E-state index is -2.19. The van der Waals surface area contributed by atoms with E-state index in [0.29, 0.717) is 19.5 Å². The van der Waals surface area contributed by atoms with Crippen molar-refractivity contribution in [2.75, 3.05) is 18.0 Å². The summed E-state index contributed by atoms with van der Waals surface area (Å²) in [7, 11) is 0. The normalized spacial score (nSPS) is 23.0. The van der Waals surface area contributed by atoms with Crippen LogP contribution in [0.3, 0.4) is 0 Å². The molecule has 1 aliphatic heterocycles. The molecule has 2 heterocycles. The maximum Gasteiger partial charge on any atom is 0.243 e. The molecule has 0 spiro atoms. The number of aromatic nitrogens is 1. The first-order chi connectivity index (χ1) is 6.27. The Morgan fingerprint density at radius 2 is 2.46 bits per heavy atom. The van der Waals surface area contributed by atoms with E-state index in [1.807, 2.05) is 10.3 Å². The molecule has 2 nitrogen and oxygen atoms in total. The van der Waals surface area contributed by atoms with Crippen LogP contribution in [0.25, 0.3) is 0 Å². The Morgan fingerprint density at radius 1 is 1.62 bits per heavy atom. The molecule has 0 aliphatic carbocycles. The lowest BCUT2D eigenvalue weighted by atomic mass is 10.1. The number of anilines is 1. The third-order valence-corrected chi connectivity index (χ3v) is 3.10. The number of nitrogens with zero attached hydrogens (tertiary/aromatic N) is 2. The molecule has 1 aliphatic rings. The van der Waals surface area contributed by atoms with Gasteiger partial charge in [-0.3, -0.25) is 0 Å². The van der Waals surface area contributed by atoms with Crippen molar-refractivity contribution >= 4 is 16.5 Å². The maximum absolute atomic E-state index is 12.3. The summed E-state index contributed by atoms with van der Waals surface area (Å²) in [5, 5.41) is 2.73. The average molecular weight is 204 g/mol. The van der Waals surface area contributed by atoms with Crippen molar-refractivity contribution in [3.63, 3.8) is 0 Å². The molecular weight excluding hydrogens is 194 g/mol. The van der Waals surface area contributed by atoms with Crippen LogP contribution in [-0.4, -0.2) is 24.5 Å². The summed E-state index contributed by atoms with van der Waals surface area (Å²) in [5.41, 5.74) is 0. The van der Waals surface area contributed by atoms with Gasteiger partial charge < -0.3 is 4.90 Å². The van der Waals surface area contributed by atoms with Gasteiger partial charge in [-0.25, -0.2) is 13.8 Å². The van der Waals surface area contributed by atoms with Crippen molar-refractivity contribution in [3.8, 4) is 0 Å². The summed E-state index contributed by atoms with van der Waals surface area (Å²) in [6.07, 6.45) is 0.0948. The monoisotopic (exact) mass is 204 g/mol. The highest BCUT2D eigenvalue weighted by Gasteiger charge is 2.30. The van der Waals surface area contributed by atoms with Crippen molar-refractivity contribution in [3.05, 3.63) is 11.6 Å². The molecular formula is C8H10F2N2S. The lowest BCUT2D eigenvalue weighted by Gasteiger charge is -2.14. The van der Waals surface area contributed by atoms with Gasteiger partial charge in [0.1, 0.15) is 0 Å². The van der Waals surface area contributed by atoms with Gasteiger partial charge in [-0.05, 0) is 6.42 Å². The largest absolute Gasteiger partial charge is 0.348 e. The van der Waals surface area contributed by atoms with Gasteiger partial charge in [-0.15, -0.1) is 11.3 Å². The average Bonchev–Trinajstić information content (AvgIpc) is 2.75. The van der Waals surface area contributed by atoms with Crippen LogP contribution < -0.4 is 4.90 Å². The second-order valence-electron chi connectivity index (χ2n) is 3.14. The number of hydrogen-bond acceptors (Lipinski definition) is 3. The summed E-state index contributed by atoms with van der Waals surface area (Å²) in [6, 6.07) is 0. The highest BCUT2D eigenvalue weighted by atomic mass is 32.1. The maximum atomic E-state index is 12.3. The van der Waals surface area contributed by atoms with E-state index in [9.17, 15) is 8.78 Å². The SMILES string of the molecule is FC(F)C1CCN(c2nccs2)C1. The topological polar surface area (TPSA) is 16.1 Å². The van der Waals surface area contributed by atoms with Crippen LogP contribution in [0.2, 0.25) is 0 Å². The first-order valence-corrected chi connectivity index (χ1v) is 5.08. The van der Waals surface area contributed by atoms with Crippen LogP contribution in [-0.2, 0) is 0 Å². The van der Waals surface area contributed by atoms with Crippen LogP contribution in [0, 0.1) is 5.92 Å². The predicted molar refractivity (Wildman–Crippen MR) is 48.4 cm³/mol. The Hall–Kier alpha value is -0.710. The van der Waals surface area contributed by atoms with Gasteiger partial charge in [0.05, 0.1) is 0 Å². The van der Waals surface area contributed by atoms with E-state index in [1.165, 1.54) is 11.3 Å². The first-order valence-electron chi connectivity index (χ1n) is 4.20. The third kappa shape index (κ3) is 1.80. The third-order valence-electron chi connectivity index (χ3n) is 2.27. The predicted octanol–water partition coefficient (Wildman–Crippen LogP) is 2.23. The van der Waals surface area contributed by atoms with Crippen LogP contribution >= 0.6 is 11.3 Å².